The lowest BCUT2D eigenvalue weighted by Gasteiger charge is -2.23. The molecule has 0 bridgehead atoms. The summed E-state index contributed by atoms with van der Waals surface area (Å²) >= 11 is 0. The predicted molar refractivity (Wildman–Crippen MR) is 72.2 cm³/mol. The van der Waals surface area contributed by atoms with Gasteiger partial charge in [-0.25, -0.2) is 0 Å². The highest BCUT2D eigenvalue weighted by atomic mass is 16.6. The average Bonchev–Trinajstić information content (AvgIpc) is 2.26. The number of nitrogens with zero attached hydrogens (tertiary/aromatic N) is 2. The Balaban J connectivity index is 2.73. The molecule has 6 nitrogen and oxygen atoms in total. The van der Waals surface area contributed by atoms with Crippen LogP contribution in [0.4, 0.5) is 11.4 Å². The van der Waals surface area contributed by atoms with E-state index in [1.54, 1.807) is 44.9 Å². The largest absolute Gasteiger partial charge is 0.459 e. The van der Waals surface area contributed by atoms with Gasteiger partial charge < -0.3 is 9.64 Å². The van der Waals surface area contributed by atoms with Crippen molar-refractivity contribution in [3.05, 3.63) is 34.4 Å². The summed E-state index contributed by atoms with van der Waals surface area (Å²) in [5.41, 5.74) is 0.0502. The number of likely N-dealkylation sites (N-methyl/N-ethyl adjacent to an activating group) is 1. The zero-order valence-corrected chi connectivity index (χ0v) is 11.5. The first-order valence-electron chi connectivity index (χ1n) is 5.86. The number of rotatable bonds is 4. The Morgan fingerprint density at radius 3 is 2.58 bits per heavy atom. The van der Waals surface area contributed by atoms with E-state index < -0.39 is 10.5 Å². The van der Waals surface area contributed by atoms with Gasteiger partial charge in [-0.05, 0) is 26.8 Å². The summed E-state index contributed by atoms with van der Waals surface area (Å²) in [5.74, 6) is -0.374. The minimum absolute atomic E-state index is 0.00598. The van der Waals surface area contributed by atoms with Crippen molar-refractivity contribution in [2.24, 2.45) is 0 Å². The number of ether oxygens (including phenoxy) is 1. The smallest absolute Gasteiger partial charge is 0.326 e. The zero-order valence-electron chi connectivity index (χ0n) is 11.5. The van der Waals surface area contributed by atoms with Gasteiger partial charge in [-0.2, -0.15) is 0 Å². The average molecular weight is 266 g/mol. The number of hydrogen-bond acceptors (Lipinski definition) is 5. The number of nitro groups is 1. The fourth-order valence-electron chi connectivity index (χ4n) is 1.50. The van der Waals surface area contributed by atoms with Gasteiger partial charge in [0.05, 0.1) is 4.92 Å². The number of carbonyl (C=O) groups excluding carboxylic acids is 1. The molecular formula is C13H18N2O4. The van der Waals surface area contributed by atoms with E-state index in [0.717, 1.165) is 0 Å². The van der Waals surface area contributed by atoms with Crippen molar-refractivity contribution >= 4 is 17.3 Å². The van der Waals surface area contributed by atoms with Crippen LogP contribution in [0.5, 0.6) is 0 Å². The highest BCUT2D eigenvalue weighted by Gasteiger charge is 2.18. The second-order valence-corrected chi connectivity index (χ2v) is 5.22. The number of nitro benzene ring substituents is 1. The van der Waals surface area contributed by atoms with Gasteiger partial charge >= 0.3 is 5.97 Å². The number of benzene rings is 1. The fourth-order valence-corrected chi connectivity index (χ4v) is 1.50. The van der Waals surface area contributed by atoms with Crippen molar-refractivity contribution in [3.8, 4) is 0 Å². The molecule has 0 amide bonds. The second kappa shape index (κ2) is 5.69. The molecule has 0 aliphatic heterocycles. The molecule has 0 aromatic heterocycles. The van der Waals surface area contributed by atoms with E-state index in [-0.39, 0.29) is 18.2 Å². The molecule has 1 aromatic carbocycles. The highest BCUT2D eigenvalue weighted by molar-refractivity contribution is 5.76. The molecule has 1 rings (SSSR count). The maximum atomic E-state index is 11.7. The first kappa shape index (κ1) is 14.9. The van der Waals surface area contributed by atoms with Gasteiger partial charge in [0, 0.05) is 24.9 Å². The molecule has 0 spiro atoms. The zero-order chi connectivity index (χ0) is 14.6. The van der Waals surface area contributed by atoms with Gasteiger partial charge in [0.1, 0.15) is 12.1 Å². The van der Waals surface area contributed by atoms with E-state index in [4.69, 9.17) is 4.74 Å². The summed E-state index contributed by atoms with van der Waals surface area (Å²) in [6, 6.07) is 6.12. The highest BCUT2D eigenvalue weighted by Crippen LogP contribution is 2.20. The summed E-state index contributed by atoms with van der Waals surface area (Å²) in [6.45, 7) is 5.41. The standard InChI is InChI=1S/C13H18N2O4/c1-13(2,3)19-12(16)9-14(4)10-6-5-7-11(8-10)15(17)18/h5-8H,9H2,1-4H3. The van der Waals surface area contributed by atoms with Crippen molar-refractivity contribution in [3.63, 3.8) is 0 Å². The van der Waals surface area contributed by atoms with Crippen LogP contribution in [0, 0.1) is 10.1 Å². The Labute approximate surface area is 112 Å². The minimum atomic E-state index is -0.541. The molecule has 0 unspecified atom stereocenters. The van der Waals surface area contributed by atoms with Gasteiger partial charge in [-0.1, -0.05) is 6.07 Å². The quantitative estimate of drug-likeness (QED) is 0.475. The topological polar surface area (TPSA) is 72.7 Å². The molecule has 1 aromatic rings. The van der Waals surface area contributed by atoms with E-state index in [0.29, 0.717) is 5.69 Å². The third-order valence-corrected chi connectivity index (χ3v) is 2.27. The molecule has 6 heteroatoms. The van der Waals surface area contributed by atoms with Crippen LogP contribution < -0.4 is 4.90 Å². The van der Waals surface area contributed by atoms with Crippen LogP contribution in [0.25, 0.3) is 0 Å². The van der Waals surface area contributed by atoms with Crippen LogP contribution >= 0.6 is 0 Å². The van der Waals surface area contributed by atoms with Crippen molar-refractivity contribution < 1.29 is 14.5 Å². The minimum Gasteiger partial charge on any atom is -0.459 e. The van der Waals surface area contributed by atoms with Gasteiger partial charge in [0.2, 0.25) is 0 Å². The van der Waals surface area contributed by atoms with Crippen molar-refractivity contribution in [1.29, 1.82) is 0 Å². The van der Waals surface area contributed by atoms with E-state index in [1.165, 1.54) is 12.1 Å². The number of anilines is 1. The molecule has 19 heavy (non-hydrogen) atoms. The summed E-state index contributed by atoms with van der Waals surface area (Å²) in [7, 11) is 1.68. The van der Waals surface area contributed by atoms with Crippen molar-refractivity contribution in [2.75, 3.05) is 18.5 Å². The molecule has 0 aliphatic rings. The summed E-state index contributed by atoms with van der Waals surface area (Å²) in [4.78, 5) is 23.5. The lowest BCUT2D eigenvalue weighted by atomic mass is 10.2. The molecule has 0 saturated heterocycles. The molecule has 0 atom stereocenters. The summed E-state index contributed by atoms with van der Waals surface area (Å²) < 4.78 is 5.19. The third-order valence-electron chi connectivity index (χ3n) is 2.27. The second-order valence-electron chi connectivity index (χ2n) is 5.22. The Morgan fingerprint density at radius 1 is 1.42 bits per heavy atom. The van der Waals surface area contributed by atoms with Crippen LogP contribution in [0.3, 0.4) is 0 Å². The molecule has 0 radical (unpaired) electrons. The maximum Gasteiger partial charge on any atom is 0.326 e. The van der Waals surface area contributed by atoms with Crippen molar-refractivity contribution in [2.45, 2.75) is 26.4 Å². The van der Waals surface area contributed by atoms with Crippen LogP contribution in [-0.4, -0.2) is 30.1 Å². The predicted octanol–water partition coefficient (Wildman–Crippen LogP) is 2.37. The van der Waals surface area contributed by atoms with Crippen LogP contribution in [0.15, 0.2) is 24.3 Å². The summed E-state index contributed by atoms with van der Waals surface area (Å²) in [6.07, 6.45) is 0. The SMILES string of the molecule is CN(CC(=O)OC(C)(C)C)c1cccc([N+](=O)[O-])c1. The van der Waals surface area contributed by atoms with Crippen molar-refractivity contribution in [1.82, 2.24) is 0 Å². The number of hydrogen-bond donors (Lipinski definition) is 0. The van der Waals surface area contributed by atoms with Crippen LogP contribution in [0.1, 0.15) is 20.8 Å². The number of carbonyl (C=O) groups is 1. The van der Waals surface area contributed by atoms with Crippen LogP contribution in [-0.2, 0) is 9.53 Å². The van der Waals surface area contributed by atoms with E-state index >= 15 is 0 Å². The molecule has 104 valence electrons. The van der Waals surface area contributed by atoms with Gasteiger partial charge in [0.25, 0.3) is 5.69 Å². The number of non-ortho nitro benzene ring substituents is 1. The molecule has 0 aliphatic carbocycles. The lowest BCUT2D eigenvalue weighted by Crippen LogP contribution is -2.32. The third kappa shape index (κ3) is 4.95. The molecule has 0 N–H and O–H groups in total. The Hall–Kier alpha value is -2.11. The Bertz CT molecular complexity index is 480. The van der Waals surface area contributed by atoms with Crippen LogP contribution in [0.2, 0.25) is 0 Å². The summed E-state index contributed by atoms with van der Waals surface area (Å²) in [5, 5.41) is 10.7. The van der Waals surface area contributed by atoms with E-state index in [2.05, 4.69) is 0 Å². The lowest BCUT2D eigenvalue weighted by molar-refractivity contribution is -0.384. The van der Waals surface area contributed by atoms with Gasteiger partial charge in [-0.3, -0.25) is 14.9 Å². The fraction of sp³-hybridized carbons (Fsp3) is 0.462. The van der Waals surface area contributed by atoms with Gasteiger partial charge in [0.15, 0.2) is 0 Å². The molecule has 0 saturated carbocycles. The first-order valence-corrected chi connectivity index (χ1v) is 5.86. The monoisotopic (exact) mass is 266 g/mol. The normalized spacial score (nSPS) is 10.9. The van der Waals surface area contributed by atoms with Gasteiger partial charge in [-0.15, -0.1) is 0 Å². The molecular weight excluding hydrogens is 248 g/mol. The molecule has 0 heterocycles. The Kier molecular flexibility index (Phi) is 4.47. The number of esters is 1. The Morgan fingerprint density at radius 2 is 2.05 bits per heavy atom. The van der Waals surface area contributed by atoms with E-state index in [9.17, 15) is 14.9 Å². The molecule has 0 fully saturated rings. The maximum absolute atomic E-state index is 11.7. The first-order chi connectivity index (χ1) is 8.69. The van der Waals surface area contributed by atoms with E-state index in [1.807, 2.05) is 0 Å².